The van der Waals surface area contributed by atoms with Gasteiger partial charge >= 0.3 is 11.8 Å². The predicted molar refractivity (Wildman–Crippen MR) is 166 cm³/mol. The number of para-hydroxylation sites is 1. The van der Waals surface area contributed by atoms with E-state index >= 15 is 0 Å². The summed E-state index contributed by atoms with van der Waals surface area (Å²) >= 11 is 1.39. The van der Waals surface area contributed by atoms with E-state index in [0.717, 1.165) is 34.2 Å². The van der Waals surface area contributed by atoms with Crippen molar-refractivity contribution in [3.8, 4) is 0 Å². The van der Waals surface area contributed by atoms with Crippen LogP contribution in [0.15, 0.2) is 45.6 Å². The summed E-state index contributed by atoms with van der Waals surface area (Å²) in [4.78, 5) is 63.7. The molecular weight excluding hydrogens is 584 g/mol. The number of nitrogens with two attached hydrogens (primary N) is 1. The summed E-state index contributed by atoms with van der Waals surface area (Å²) in [6.07, 6.45) is 1.43. The Labute approximate surface area is 257 Å². The minimum Gasteiger partial charge on any atom is -0.408 e. The number of piperazine rings is 1. The predicted octanol–water partition coefficient (Wildman–Crippen LogP) is 2.87. The van der Waals surface area contributed by atoms with E-state index in [4.69, 9.17) is 10.2 Å². The van der Waals surface area contributed by atoms with E-state index in [0.29, 0.717) is 22.8 Å². The molecule has 4 amide bonds. The Morgan fingerprint density at radius 3 is 2.84 bits per heavy atom. The minimum atomic E-state index is -0.834. The number of hydrazine groups is 1. The van der Waals surface area contributed by atoms with Crippen LogP contribution in [0.2, 0.25) is 0 Å². The number of carbonyl (C=O) groups is 3. The topological polar surface area (TPSA) is 161 Å². The van der Waals surface area contributed by atoms with Gasteiger partial charge in [-0.1, -0.05) is 42.9 Å². The van der Waals surface area contributed by atoms with Crippen LogP contribution in [0, 0.1) is 0 Å². The van der Waals surface area contributed by atoms with Gasteiger partial charge in [0.1, 0.15) is 12.2 Å². The summed E-state index contributed by atoms with van der Waals surface area (Å²) < 4.78 is 6.07. The number of hydrogen-bond donors (Lipinski definition) is 3. The Kier molecular flexibility index (Phi) is 8.03. The summed E-state index contributed by atoms with van der Waals surface area (Å²) in [5, 5.41) is 6.83. The second-order valence-corrected chi connectivity index (χ2v) is 12.6. The van der Waals surface area contributed by atoms with Crippen molar-refractivity contribution in [1.29, 1.82) is 0 Å². The van der Waals surface area contributed by atoms with Gasteiger partial charge in [0.05, 0.1) is 28.8 Å². The van der Waals surface area contributed by atoms with Gasteiger partial charge in [0, 0.05) is 25.6 Å². The van der Waals surface area contributed by atoms with Crippen molar-refractivity contribution >= 4 is 55.6 Å². The Bertz CT molecular complexity index is 1780. The molecule has 232 valence electrons. The molecule has 2 aliphatic heterocycles. The van der Waals surface area contributed by atoms with Crippen LogP contribution in [0.1, 0.15) is 44.7 Å². The van der Waals surface area contributed by atoms with E-state index in [-0.39, 0.29) is 49.9 Å². The molecule has 0 saturated carbocycles. The largest absolute Gasteiger partial charge is 0.417 e. The molecular formula is C30H36N8O5S. The van der Waals surface area contributed by atoms with E-state index < -0.39 is 18.0 Å². The fourth-order valence-corrected chi connectivity index (χ4v) is 6.95. The highest BCUT2D eigenvalue weighted by Gasteiger charge is 2.52. The maximum atomic E-state index is 14.3. The number of H-pyrrole nitrogens is 1. The van der Waals surface area contributed by atoms with E-state index in [9.17, 15) is 19.2 Å². The van der Waals surface area contributed by atoms with E-state index in [1.54, 1.807) is 38.0 Å². The molecule has 2 aliphatic rings. The van der Waals surface area contributed by atoms with Crippen molar-refractivity contribution < 1.29 is 18.8 Å². The lowest BCUT2D eigenvalue weighted by Crippen LogP contribution is -2.66. The van der Waals surface area contributed by atoms with Gasteiger partial charge in [0.25, 0.3) is 0 Å². The lowest BCUT2D eigenvalue weighted by Gasteiger charge is -2.47. The second-order valence-electron chi connectivity index (χ2n) is 11.5. The first-order chi connectivity index (χ1) is 21.1. The van der Waals surface area contributed by atoms with Gasteiger partial charge in [0.2, 0.25) is 11.8 Å². The number of rotatable bonds is 9. The third-order valence-electron chi connectivity index (χ3n) is 8.14. The van der Waals surface area contributed by atoms with Gasteiger partial charge in [-0.3, -0.25) is 19.6 Å². The van der Waals surface area contributed by atoms with Crippen LogP contribution in [0.5, 0.6) is 0 Å². The molecule has 2 atom stereocenters. The zero-order chi connectivity index (χ0) is 31.1. The SMILES string of the molecule is CCCCNC(=O)N(C(C)C)N1CC(=O)N2[C@@H](Cc3ccc4oc(=O)[nH]c4c3)C(=O)N(Cc3cccc4sc(N)nc34)C[C@@H]21. The van der Waals surface area contributed by atoms with Crippen molar-refractivity contribution in [2.45, 2.75) is 64.8 Å². The number of amides is 4. The zero-order valence-electron chi connectivity index (χ0n) is 24.9. The number of aromatic amines is 1. The third kappa shape index (κ3) is 5.50. The number of hydrogen-bond acceptors (Lipinski definition) is 9. The summed E-state index contributed by atoms with van der Waals surface area (Å²) in [7, 11) is 0. The summed E-state index contributed by atoms with van der Waals surface area (Å²) in [5.74, 6) is -1.00. The molecule has 0 aliphatic carbocycles. The Hall–Kier alpha value is -4.43. The number of nitrogen functional groups attached to an aromatic ring is 1. The number of unbranched alkanes of at least 4 members (excludes halogenated alkanes) is 1. The first kappa shape index (κ1) is 29.6. The highest BCUT2D eigenvalue weighted by atomic mass is 32.1. The minimum absolute atomic E-state index is 0.0338. The number of anilines is 1. The quantitative estimate of drug-likeness (QED) is 0.241. The molecule has 2 saturated heterocycles. The lowest BCUT2D eigenvalue weighted by atomic mass is 9.99. The monoisotopic (exact) mass is 620 g/mol. The number of aromatic nitrogens is 2. The van der Waals surface area contributed by atoms with Crippen molar-refractivity contribution in [3.63, 3.8) is 0 Å². The molecule has 2 aromatic carbocycles. The fraction of sp³-hybridized carbons (Fsp3) is 0.433. The number of oxazole rings is 1. The average molecular weight is 621 g/mol. The number of thiazole rings is 1. The van der Waals surface area contributed by atoms with Crippen LogP contribution in [-0.4, -0.2) is 85.5 Å². The highest BCUT2D eigenvalue weighted by Crippen LogP contribution is 2.33. The van der Waals surface area contributed by atoms with Gasteiger partial charge in [-0.2, -0.15) is 5.01 Å². The lowest BCUT2D eigenvalue weighted by molar-refractivity contribution is -0.158. The highest BCUT2D eigenvalue weighted by molar-refractivity contribution is 7.22. The third-order valence-corrected chi connectivity index (χ3v) is 8.99. The molecule has 0 unspecified atom stereocenters. The molecule has 14 heteroatoms. The number of fused-ring (bicyclic) bond motifs is 3. The summed E-state index contributed by atoms with van der Waals surface area (Å²) in [6.45, 7) is 6.83. The number of benzene rings is 2. The number of nitrogens with one attached hydrogen (secondary N) is 2. The van der Waals surface area contributed by atoms with Crippen molar-refractivity contribution in [2.75, 3.05) is 25.4 Å². The smallest absolute Gasteiger partial charge is 0.408 e. The van der Waals surface area contributed by atoms with Crippen LogP contribution in [0.4, 0.5) is 9.93 Å². The summed E-state index contributed by atoms with van der Waals surface area (Å²) in [5.41, 5.74) is 9.29. The zero-order valence-corrected chi connectivity index (χ0v) is 25.7. The standard InChI is InChI=1S/C30H36N8O5S/c1-4-5-11-32-29(41)38(17(2)3)36-16-25(39)37-21(13-18-9-10-22-20(12-18)33-30(42)43-22)27(40)35(15-24(36)37)14-19-7-6-8-23-26(19)34-28(31)44-23/h6-10,12,17,21,24H,4-5,11,13-16H2,1-3H3,(H2,31,34)(H,32,41)(H,33,42)/t21-,24+/m0/s1. The van der Waals surface area contributed by atoms with E-state index in [1.807, 2.05) is 32.0 Å². The molecule has 6 rings (SSSR count). The normalized spacial score (nSPS) is 19.0. The second kappa shape index (κ2) is 11.9. The molecule has 4 heterocycles. The Morgan fingerprint density at radius 2 is 2.07 bits per heavy atom. The van der Waals surface area contributed by atoms with Crippen LogP contribution in [-0.2, 0) is 22.6 Å². The molecule has 4 N–H and O–H groups in total. The maximum absolute atomic E-state index is 14.3. The van der Waals surface area contributed by atoms with Crippen molar-refractivity contribution in [3.05, 3.63) is 58.1 Å². The van der Waals surface area contributed by atoms with Crippen molar-refractivity contribution in [2.24, 2.45) is 0 Å². The van der Waals surface area contributed by atoms with E-state index in [1.165, 1.54) is 11.3 Å². The Balaban J connectivity index is 1.36. The van der Waals surface area contributed by atoms with E-state index in [2.05, 4.69) is 22.2 Å². The molecule has 0 radical (unpaired) electrons. The molecule has 2 aromatic heterocycles. The number of urea groups is 1. The summed E-state index contributed by atoms with van der Waals surface area (Å²) in [6, 6.07) is 9.68. The fourth-order valence-electron chi connectivity index (χ4n) is 6.17. The number of carbonyl (C=O) groups excluding carboxylic acids is 3. The number of nitrogens with zero attached hydrogens (tertiary/aromatic N) is 5. The molecule has 44 heavy (non-hydrogen) atoms. The van der Waals surface area contributed by atoms with Crippen LogP contribution in [0.25, 0.3) is 21.3 Å². The van der Waals surface area contributed by atoms with Crippen molar-refractivity contribution in [1.82, 2.24) is 35.1 Å². The molecule has 4 aromatic rings. The maximum Gasteiger partial charge on any atom is 0.417 e. The van der Waals surface area contributed by atoms with Gasteiger partial charge in [-0.15, -0.1) is 0 Å². The van der Waals surface area contributed by atoms with Crippen LogP contribution < -0.4 is 16.8 Å². The van der Waals surface area contributed by atoms with Crippen LogP contribution in [0.3, 0.4) is 0 Å². The average Bonchev–Trinajstić information content (AvgIpc) is 3.64. The Morgan fingerprint density at radius 1 is 1.25 bits per heavy atom. The molecule has 0 spiro atoms. The molecule has 13 nitrogen and oxygen atoms in total. The van der Waals surface area contributed by atoms with Crippen LogP contribution >= 0.6 is 11.3 Å². The first-order valence-electron chi connectivity index (χ1n) is 14.8. The van der Waals surface area contributed by atoms with Gasteiger partial charge in [-0.25, -0.2) is 14.6 Å². The first-order valence-corrected chi connectivity index (χ1v) is 15.7. The molecule has 0 bridgehead atoms. The van der Waals surface area contributed by atoms with Gasteiger partial charge in [0.15, 0.2) is 10.7 Å². The van der Waals surface area contributed by atoms with Gasteiger partial charge in [-0.05, 0) is 49.6 Å². The van der Waals surface area contributed by atoms with Gasteiger partial charge < -0.3 is 25.3 Å². The molecule has 2 fully saturated rings.